The van der Waals surface area contributed by atoms with E-state index in [0.29, 0.717) is 0 Å². The molecule has 0 aromatic carbocycles. The highest BCUT2D eigenvalue weighted by Crippen LogP contribution is 2.38. The number of carbonyl (C=O) groups excluding carboxylic acids is 1. The lowest BCUT2D eigenvalue weighted by Gasteiger charge is -2.30. The van der Waals surface area contributed by atoms with Gasteiger partial charge in [-0.25, -0.2) is 13.8 Å². The van der Waals surface area contributed by atoms with Crippen LogP contribution >= 0.6 is 0 Å². The van der Waals surface area contributed by atoms with Crippen LogP contribution in [-0.4, -0.2) is 42.1 Å². The minimum absolute atomic E-state index is 0.000327. The van der Waals surface area contributed by atoms with Gasteiger partial charge in [-0.15, -0.1) is 0 Å². The van der Waals surface area contributed by atoms with Crippen molar-refractivity contribution in [2.45, 2.75) is 50.2 Å². The predicted octanol–water partition coefficient (Wildman–Crippen LogP) is 2.94. The van der Waals surface area contributed by atoms with Crippen LogP contribution in [0, 0.1) is 5.92 Å². The van der Waals surface area contributed by atoms with Crippen LogP contribution in [0.1, 0.15) is 42.5 Å². The van der Waals surface area contributed by atoms with Crippen LogP contribution in [0.4, 0.5) is 39.3 Å². The summed E-state index contributed by atoms with van der Waals surface area (Å²) >= 11 is 0. The highest BCUT2D eigenvalue weighted by molar-refractivity contribution is 6.00. The third kappa shape index (κ3) is 4.39. The van der Waals surface area contributed by atoms with Crippen LogP contribution in [-0.2, 0) is 0 Å². The smallest absolute Gasteiger partial charge is 0.391 e. The van der Waals surface area contributed by atoms with Gasteiger partial charge in [-0.05, 0) is 31.7 Å². The van der Waals surface area contributed by atoms with E-state index in [1.165, 1.54) is 11.0 Å². The number of carbonyl (C=O) groups is 1. The molecule has 156 valence electrons. The van der Waals surface area contributed by atoms with E-state index in [1.807, 2.05) is 0 Å². The number of aromatic nitrogens is 1. The van der Waals surface area contributed by atoms with Gasteiger partial charge in [0, 0.05) is 19.0 Å². The third-order valence-electron chi connectivity index (χ3n) is 5.30. The normalized spacial score (nSPS) is 25.0. The van der Waals surface area contributed by atoms with Crippen LogP contribution in [0.3, 0.4) is 0 Å². The molecule has 1 saturated heterocycles. The minimum atomic E-state index is -4.24. The van der Waals surface area contributed by atoms with Gasteiger partial charge in [0.05, 0.1) is 23.7 Å². The van der Waals surface area contributed by atoms with Gasteiger partial charge in [0.25, 0.3) is 11.8 Å². The van der Waals surface area contributed by atoms with E-state index in [1.54, 1.807) is 0 Å². The number of anilines is 3. The number of nitrogen functional groups attached to an aromatic ring is 2. The molecule has 6 nitrogen and oxygen atoms in total. The lowest BCUT2D eigenvalue weighted by Crippen LogP contribution is -2.40. The van der Waals surface area contributed by atoms with Crippen molar-refractivity contribution in [3.8, 4) is 0 Å². The summed E-state index contributed by atoms with van der Waals surface area (Å²) in [6, 6.07) is 0.836. The van der Waals surface area contributed by atoms with Crippen molar-refractivity contribution in [3.63, 3.8) is 0 Å². The van der Waals surface area contributed by atoms with Crippen LogP contribution in [0.25, 0.3) is 0 Å². The van der Waals surface area contributed by atoms with Crippen molar-refractivity contribution in [3.05, 3.63) is 11.6 Å². The van der Waals surface area contributed by atoms with E-state index in [-0.39, 0.29) is 61.5 Å². The highest BCUT2D eigenvalue weighted by Gasteiger charge is 2.42. The zero-order valence-corrected chi connectivity index (χ0v) is 15.0. The summed E-state index contributed by atoms with van der Waals surface area (Å²) in [4.78, 5) is 18.0. The van der Waals surface area contributed by atoms with Gasteiger partial charge < -0.3 is 21.7 Å². The predicted molar refractivity (Wildman–Crippen MR) is 94.1 cm³/mol. The second-order valence-corrected chi connectivity index (χ2v) is 7.43. The molecular weight excluding hydrogens is 385 g/mol. The number of halogens is 5. The number of hydrogen-bond donors (Lipinski definition) is 3. The van der Waals surface area contributed by atoms with Crippen LogP contribution < -0.4 is 21.7 Å². The van der Waals surface area contributed by atoms with E-state index in [4.69, 9.17) is 11.5 Å². The summed E-state index contributed by atoms with van der Waals surface area (Å²) in [5, 5.41) is 2.68. The molecule has 2 fully saturated rings. The second-order valence-electron chi connectivity index (χ2n) is 7.43. The average molecular weight is 407 g/mol. The fourth-order valence-electron chi connectivity index (χ4n) is 3.69. The Labute approximate surface area is 158 Å². The molecule has 1 aromatic rings. The summed E-state index contributed by atoms with van der Waals surface area (Å²) in [5.74, 6) is -4.95. The molecule has 0 atom stereocenters. The first-order valence-electron chi connectivity index (χ1n) is 9.02. The largest absolute Gasteiger partial charge is 0.396 e. The average Bonchev–Trinajstić information content (AvgIpc) is 2.96. The van der Waals surface area contributed by atoms with E-state index >= 15 is 0 Å². The van der Waals surface area contributed by atoms with E-state index in [0.717, 1.165) is 0 Å². The molecule has 28 heavy (non-hydrogen) atoms. The monoisotopic (exact) mass is 407 g/mol. The Morgan fingerprint density at radius 2 is 1.86 bits per heavy atom. The lowest BCUT2D eigenvalue weighted by atomic mass is 9.85. The third-order valence-corrected chi connectivity index (χ3v) is 5.30. The first-order valence-corrected chi connectivity index (χ1v) is 9.02. The maximum atomic E-state index is 13.6. The maximum absolute atomic E-state index is 13.6. The van der Waals surface area contributed by atoms with Crippen molar-refractivity contribution >= 4 is 23.2 Å². The van der Waals surface area contributed by atoms with Crippen LogP contribution in [0.15, 0.2) is 6.07 Å². The van der Waals surface area contributed by atoms with Gasteiger partial charge in [-0.2, -0.15) is 13.2 Å². The number of nitrogens with zero attached hydrogens (tertiary/aromatic N) is 2. The Morgan fingerprint density at radius 1 is 1.21 bits per heavy atom. The molecule has 2 aliphatic rings. The van der Waals surface area contributed by atoms with Gasteiger partial charge in [0.2, 0.25) is 0 Å². The molecule has 1 amide bonds. The first-order chi connectivity index (χ1) is 13.0. The maximum Gasteiger partial charge on any atom is 0.391 e. The zero-order valence-electron chi connectivity index (χ0n) is 15.0. The topological polar surface area (TPSA) is 97.3 Å². The Balaban J connectivity index is 1.74. The van der Waals surface area contributed by atoms with Gasteiger partial charge in [-0.1, -0.05) is 0 Å². The Bertz CT molecular complexity index is 746. The van der Waals surface area contributed by atoms with Crippen molar-refractivity contribution in [1.29, 1.82) is 0 Å². The number of rotatable bonds is 3. The number of nitrogens with one attached hydrogen (secondary N) is 1. The molecule has 11 heteroatoms. The van der Waals surface area contributed by atoms with E-state index in [9.17, 15) is 26.7 Å². The standard InChI is InChI=1S/C17H22F5N5O/c18-16(19)5-6-27(8-16)14-11(7-12(23)13(24)26-14)15(28)25-10-3-1-9(2-4-10)17(20,21)22/h7,9-10H,1-6,8,23H2,(H2,24,26)(H,25,28). The van der Waals surface area contributed by atoms with Crippen molar-refractivity contribution in [2.75, 3.05) is 29.5 Å². The molecule has 3 rings (SSSR count). The molecule has 2 heterocycles. The Hall–Kier alpha value is -2.33. The fourth-order valence-corrected chi connectivity index (χ4v) is 3.69. The van der Waals surface area contributed by atoms with Crippen LogP contribution in [0.5, 0.6) is 0 Å². The molecule has 1 aliphatic heterocycles. The molecular formula is C17H22F5N5O. The molecule has 1 aromatic heterocycles. The molecule has 1 aliphatic carbocycles. The first kappa shape index (κ1) is 20.4. The van der Waals surface area contributed by atoms with Crippen molar-refractivity contribution in [1.82, 2.24) is 10.3 Å². The van der Waals surface area contributed by atoms with Gasteiger partial charge in [0.15, 0.2) is 0 Å². The highest BCUT2D eigenvalue weighted by atomic mass is 19.4. The summed E-state index contributed by atoms with van der Waals surface area (Å²) in [6.45, 7) is -0.597. The molecule has 0 spiro atoms. The summed E-state index contributed by atoms with van der Waals surface area (Å²) in [6.07, 6.45) is -4.38. The number of amides is 1. The lowest BCUT2D eigenvalue weighted by molar-refractivity contribution is -0.182. The van der Waals surface area contributed by atoms with Crippen molar-refractivity contribution in [2.24, 2.45) is 5.92 Å². The number of nitrogens with two attached hydrogens (primary N) is 2. The number of hydrogen-bond acceptors (Lipinski definition) is 5. The molecule has 0 radical (unpaired) electrons. The Morgan fingerprint density at radius 3 is 2.39 bits per heavy atom. The van der Waals surface area contributed by atoms with Crippen molar-refractivity contribution < 1.29 is 26.7 Å². The van der Waals surface area contributed by atoms with Gasteiger partial charge >= 0.3 is 6.18 Å². The van der Waals surface area contributed by atoms with E-state index < -0.39 is 36.5 Å². The Kier molecular flexibility index (Phi) is 5.28. The molecule has 0 unspecified atom stereocenters. The summed E-state index contributed by atoms with van der Waals surface area (Å²) in [5.41, 5.74) is 11.4. The van der Waals surface area contributed by atoms with Gasteiger partial charge in [0.1, 0.15) is 11.6 Å². The number of alkyl halides is 5. The quantitative estimate of drug-likeness (QED) is 0.670. The minimum Gasteiger partial charge on any atom is -0.396 e. The molecule has 0 bridgehead atoms. The van der Waals surface area contributed by atoms with E-state index in [2.05, 4.69) is 10.3 Å². The molecule has 1 saturated carbocycles. The number of pyridine rings is 1. The van der Waals surface area contributed by atoms with Gasteiger partial charge in [-0.3, -0.25) is 4.79 Å². The zero-order chi connectivity index (χ0) is 20.7. The second kappa shape index (κ2) is 7.25. The SMILES string of the molecule is Nc1cc(C(=O)NC2CCC(C(F)(F)F)CC2)c(N2CCC(F)(F)C2)nc1N. The fraction of sp³-hybridized carbons (Fsp3) is 0.647. The summed E-state index contributed by atoms with van der Waals surface area (Å²) < 4.78 is 65.5. The van der Waals surface area contributed by atoms with Crippen LogP contribution in [0.2, 0.25) is 0 Å². The molecule has 5 N–H and O–H groups in total. The summed E-state index contributed by atoms with van der Waals surface area (Å²) in [7, 11) is 0.